The van der Waals surface area contributed by atoms with E-state index in [4.69, 9.17) is 10.9 Å². The highest BCUT2D eigenvalue weighted by molar-refractivity contribution is 7.91. The van der Waals surface area contributed by atoms with E-state index in [1.807, 2.05) is 0 Å². The molecule has 0 radical (unpaired) electrons. The lowest BCUT2D eigenvalue weighted by Crippen LogP contribution is -2.42. The Hall–Kier alpha value is -2.49. The van der Waals surface area contributed by atoms with Gasteiger partial charge in [-0.3, -0.25) is 4.31 Å². The Morgan fingerprint density at radius 1 is 1.45 bits per heavy atom. The summed E-state index contributed by atoms with van der Waals surface area (Å²) in [7, 11) is -1.93. The topological polar surface area (TPSA) is 134 Å². The van der Waals surface area contributed by atoms with Crippen LogP contribution in [0.5, 0.6) is 0 Å². The second-order valence-electron chi connectivity index (χ2n) is 3.57. The van der Waals surface area contributed by atoms with Crippen LogP contribution in [0.3, 0.4) is 0 Å². The van der Waals surface area contributed by atoms with Crippen molar-refractivity contribution in [3.05, 3.63) is 29.8 Å². The van der Waals surface area contributed by atoms with Crippen molar-refractivity contribution in [2.45, 2.75) is 0 Å². The number of para-hydroxylation sites is 1. The van der Waals surface area contributed by atoms with Crippen molar-refractivity contribution in [1.29, 1.82) is 0 Å². The average Bonchev–Trinajstić information content (AvgIpc) is 2.44. The molecule has 0 bridgehead atoms. The first kappa shape index (κ1) is 15.6. The van der Waals surface area contributed by atoms with Crippen LogP contribution in [0.4, 0.5) is 10.5 Å². The number of oxime groups is 1. The highest BCUT2D eigenvalue weighted by atomic mass is 32.2. The molecule has 10 heteroatoms. The van der Waals surface area contributed by atoms with Crippen LogP contribution in [-0.2, 0) is 14.9 Å². The summed E-state index contributed by atoms with van der Waals surface area (Å²) >= 11 is 0. The van der Waals surface area contributed by atoms with E-state index in [2.05, 4.69) is 9.89 Å². The summed E-state index contributed by atoms with van der Waals surface area (Å²) in [6.45, 7) is 0. The third-order valence-electron chi connectivity index (χ3n) is 2.39. The maximum Gasteiger partial charge on any atom is 0.422 e. The summed E-state index contributed by atoms with van der Waals surface area (Å²) in [6.07, 6.45) is -1.13. The Balaban J connectivity index is 3.22. The second kappa shape index (κ2) is 6.10. The van der Waals surface area contributed by atoms with Gasteiger partial charge in [-0.25, -0.2) is 9.52 Å². The van der Waals surface area contributed by atoms with Gasteiger partial charge >= 0.3 is 16.3 Å². The number of ether oxygens (including phenoxy) is 1. The summed E-state index contributed by atoms with van der Waals surface area (Å²) in [4.78, 5) is 11.0. The van der Waals surface area contributed by atoms with E-state index < -0.39 is 16.3 Å². The Labute approximate surface area is 115 Å². The SMILES string of the molecule is COC(=O)NS(=O)(=O)N(C)c1ccccc1/C(N)=N/O. The molecule has 9 nitrogen and oxygen atoms in total. The van der Waals surface area contributed by atoms with Crippen molar-refractivity contribution in [1.82, 2.24) is 4.72 Å². The van der Waals surface area contributed by atoms with Crippen LogP contribution in [-0.4, -0.2) is 39.7 Å². The zero-order chi connectivity index (χ0) is 15.3. The minimum atomic E-state index is -4.17. The first-order chi connectivity index (χ1) is 9.33. The fraction of sp³-hybridized carbons (Fsp3) is 0.200. The molecule has 0 saturated heterocycles. The van der Waals surface area contributed by atoms with Crippen molar-refractivity contribution >= 4 is 27.8 Å². The number of anilines is 1. The van der Waals surface area contributed by atoms with Crippen molar-refractivity contribution in [3.63, 3.8) is 0 Å². The van der Waals surface area contributed by atoms with Gasteiger partial charge in [-0.2, -0.15) is 8.42 Å². The maximum absolute atomic E-state index is 11.9. The van der Waals surface area contributed by atoms with Crippen LogP contribution in [0, 0.1) is 0 Å². The standard InChI is InChI=1S/C10H14N4O5S/c1-14(20(17,18)13-10(15)19-2)8-6-4-3-5-7(8)9(11)12-16/h3-6,16H,1-2H3,(H2,11,12)(H,13,15). The van der Waals surface area contributed by atoms with E-state index in [9.17, 15) is 13.2 Å². The lowest BCUT2D eigenvalue weighted by molar-refractivity contribution is 0.177. The molecule has 0 aliphatic rings. The fourth-order valence-electron chi connectivity index (χ4n) is 1.36. The van der Waals surface area contributed by atoms with Crippen molar-refractivity contribution in [3.8, 4) is 0 Å². The summed E-state index contributed by atoms with van der Waals surface area (Å²) < 4.78 is 30.6. The molecular weight excluding hydrogens is 288 g/mol. The molecule has 1 amide bonds. The molecule has 1 aromatic rings. The fourth-order valence-corrected chi connectivity index (χ4v) is 2.21. The van der Waals surface area contributed by atoms with Crippen LogP contribution in [0.2, 0.25) is 0 Å². The zero-order valence-electron chi connectivity index (χ0n) is 10.8. The number of methoxy groups -OCH3 is 1. The number of hydrogen-bond donors (Lipinski definition) is 3. The molecule has 20 heavy (non-hydrogen) atoms. The van der Waals surface area contributed by atoms with Gasteiger partial charge in [-0.15, -0.1) is 0 Å². The number of amides is 1. The van der Waals surface area contributed by atoms with E-state index in [0.29, 0.717) is 0 Å². The lowest BCUT2D eigenvalue weighted by Gasteiger charge is -2.21. The first-order valence-corrected chi connectivity index (χ1v) is 6.69. The Bertz CT molecular complexity index is 628. The molecule has 4 N–H and O–H groups in total. The molecule has 1 rings (SSSR count). The van der Waals surface area contributed by atoms with Gasteiger partial charge in [0.25, 0.3) is 0 Å². The molecule has 0 aliphatic carbocycles. The van der Waals surface area contributed by atoms with Gasteiger partial charge < -0.3 is 15.7 Å². The highest BCUT2D eigenvalue weighted by Crippen LogP contribution is 2.21. The summed E-state index contributed by atoms with van der Waals surface area (Å²) in [6, 6.07) is 6.05. The number of benzene rings is 1. The van der Waals surface area contributed by atoms with Gasteiger partial charge in [0.2, 0.25) is 0 Å². The van der Waals surface area contributed by atoms with E-state index >= 15 is 0 Å². The van der Waals surface area contributed by atoms with E-state index in [1.165, 1.54) is 19.2 Å². The largest absolute Gasteiger partial charge is 0.452 e. The van der Waals surface area contributed by atoms with Crippen LogP contribution in [0.1, 0.15) is 5.56 Å². The Kier molecular flexibility index (Phi) is 4.75. The van der Waals surface area contributed by atoms with Crippen LogP contribution >= 0.6 is 0 Å². The summed E-state index contributed by atoms with van der Waals surface area (Å²) in [5.41, 5.74) is 5.78. The van der Waals surface area contributed by atoms with Crippen LogP contribution in [0.15, 0.2) is 29.4 Å². The number of rotatable bonds is 4. The Morgan fingerprint density at radius 2 is 2.05 bits per heavy atom. The number of nitrogens with one attached hydrogen (secondary N) is 1. The summed E-state index contributed by atoms with van der Waals surface area (Å²) in [5, 5.41) is 11.5. The predicted octanol–water partition coefficient (Wildman–Crippen LogP) is -0.182. The number of amidine groups is 1. The van der Waals surface area contributed by atoms with Gasteiger partial charge in [-0.05, 0) is 12.1 Å². The monoisotopic (exact) mass is 302 g/mol. The Morgan fingerprint density at radius 3 is 2.60 bits per heavy atom. The number of nitrogens with two attached hydrogens (primary N) is 1. The van der Waals surface area contributed by atoms with Gasteiger partial charge in [0, 0.05) is 12.6 Å². The smallest absolute Gasteiger partial charge is 0.422 e. The first-order valence-electron chi connectivity index (χ1n) is 5.25. The molecule has 0 spiro atoms. The van der Waals surface area contributed by atoms with Crippen LogP contribution in [0.25, 0.3) is 0 Å². The normalized spacial score (nSPS) is 11.8. The number of hydrogen-bond acceptors (Lipinski definition) is 6. The molecule has 0 aromatic heterocycles. The number of carbonyl (C=O) groups is 1. The van der Waals surface area contributed by atoms with E-state index in [0.717, 1.165) is 11.4 Å². The highest BCUT2D eigenvalue weighted by Gasteiger charge is 2.24. The molecule has 0 aliphatic heterocycles. The number of carbonyl (C=O) groups excluding carboxylic acids is 1. The minimum Gasteiger partial charge on any atom is -0.452 e. The van der Waals surface area contributed by atoms with Crippen molar-refractivity contribution in [2.75, 3.05) is 18.5 Å². The third-order valence-corrected chi connectivity index (χ3v) is 3.73. The van der Waals surface area contributed by atoms with E-state index in [-0.39, 0.29) is 17.1 Å². The summed E-state index contributed by atoms with van der Waals surface area (Å²) in [5.74, 6) is -0.263. The molecular formula is C10H14N4O5S. The molecule has 1 aromatic carbocycles. The minimum absolute atomic E-state index is 0.124. The number of nitrogens with zero attached hydrogens (tertiary/aromatic N) is 2. The van der Waals surface area contributed by atoms with Crippen LogP contribution < -0.4 is 14.8 Å². The predicted molar refractivity (Wildman–Crippen MR) is 71.8 cm³/mol. The molecule has 0 unspecified atom stereocenters. The van der Waals surface area contributed by atoms with Crippen molar-refractivity contribution < 1.29 is 23.2 Å². The van der Waals surface area contributed by atoms with Gasteiger partial charge in [0.1, 0.15) is 0 Å². The zero-order valence-corrected chi connectivity index (χ0v) is 11.6. The van der Waals surface area contributed by atoms with Gasteiger partial charge in [0.15, 0.2) is 5.84 Å². The van der Waals surface area contributed by atoms with Gasteiger partial charge in [-0.1, -0.05) is 17.3 Å². The molecule has 0 atom stereocenters. The molecule has 0 heterocycles. The second-order valence-corrected chi connectivity index (χ2v) is 5.27. The molecule has 0 saturated carbocycles. The van der Waals surface area contributed by atoms with Crippen molar-refractivity contribution in [2.24, 2.45) is 10.9 Å². The third kappa shape index (κ3) is 3.29. The van der Waals surface area contributed by atoms with Gasteiger partial charge in [0.05, 0.1) is 12.8 Å². The quantitative estimate of drug-likeness (QED) is 0.305. The maximum atomic E-state index is 11.9. The lowest BCUT2D eigenvalue weighted by atomic mass is 10.1. The molecule has 0 fully saturated rings. The molecule has 110 valence electrons. The van der Waals surface area contributed by atoms with E-state index in [1.54, 1.807) is 16.9 Å². The average molecular weight is 302 g/mol.